The summed E-state index contributed by atoms with van der Waals surface area (Å²) in [6.07, 6.45) is 0.0576. The number of rotatable bonds is 6. The number of aliphatic hydroxyl groups excluding tert-OH is 1. The van der Waals surface area contributed by atoms with Gasteiger partial charge in [0.2, 0.25) is 0 Å². The van der Waals surface area contributed by atoms with E-state index in [0.717, 1.165) is 12.1 Å². The summed E-state index contributed by atoms with van der Waals surface area (Å²) in [6, 6.07) is 16.1. The molecule has 0 radical (unpaired) electrons. The standard InChI is InChI=1S/C16H18FNO/c17-15-8-6-14(7-9-15)16(19)10-11-18-12-13-4-2-1-3-5-13/h1-9,16,18-19H,10-12H2/t16-/m1/s1. The van der Waals surface area contributed by atoms with E-state index >= 15 is 0 Å². The van der Waals surface area contributed by atoms with Gasteiger partial charge in [0, 0.05) is 6.54 Å². The van der Waals surface area contributed by atoms with Crippen molar-refractivity contribution in [3.05, 3.63) is 71.5 Å². The van der Waals surface area contributed by atoms with Crippen molar-refractivity contribution in [3.63, 3.8) is 0 Å². The van der Waals surface area contributed by atoms with E-state index in [-0.39, 0.29) is 5.82 Å². The van der Waals surface area contributed by atoms with Crippen LogP contribution in [0.3, 0.4) is 0 Å². The third-order valence-corrected chi connectivity index (χ3v) is 3.02. The molecule has 2 nitrogen and oxygen atoms in total. The van der Waals surface area contributed by atoms with Gasteiger partial charge < -0.3 is 10.4 Å². The highest BCUT2D eigenvalue weighted by atomic mass is 19.1. The molecule has 0 saturated heterocycles. The monoisotopic (exact) mass is 259 g/mol. The van der Waals surface area contributed by atoms with Gasteiger partial charge in [0.25, 0.3) is 0 Å². The van der Waals surface area contributed by atoms with Crippen LogP contribution in [0, 0.1) is 5.82 Å². The Morgan fingerprint density at radius 1 is 1.00 bits per heavy atom. The first kappa shape index (κ1) is 13.7. The second kappa shape index (κ2) is 7.02. The highest BCUT2D eigenvalue weighted by Crippen LogP contribution is 2.16. The maximum absolute atomic E-state index is 12.8. The van der Waals surface area contributed by atoms with Crippen LogP contribution in [0.4, 0.5) is 4.39 Å². The molecule has 0 aliphatic rings. The van der Waals surface area contributed by atoms with Gasteiger partial charge in [0.1, 0.15) is 5.82 Å². The van der Waals surface area contributed by atoms with E-state index in [4.69, 9.17) is 0 Å². The number of nitrogens with one attached hydrogen (secondary N) is 1. The zero-order valence-corrected chi connectivity index (χ0v) is 10.7. The zero-order valence-electron chi connectivity index (χ0n) is 10.7. The minimum Gasteiger partial charge on any atom is -0.388 e. The van der Waals surface area contributed by atoms with E-state index in [1.165, 1.54) is 17.7 Å². The van der Waals surface area contributed by atoms with Gasteiger partial charge >= 0.3 is 0 Å². The van der Waals surface area contributed by atoms with Gasteiger partial charge in [0.05, 0.1) is 6.10 Å². The van der Waals surface area contributed by atoms with Crippen LogP contribution in [0.2, 0.25) is 0 Å². The van der Waals surface area contributed by atoms with Gasteiger partial charge in [-0.1, -0.05) is 42.5 Å². The Hall–Kier alpha value is -1.71. The number of benzene rings is 2. The molecule has 19 heavy (non-hydrogen) atoms. The molecule has 0 aliphatic heterocycles. The largest absolute Gasteiger partial charge is 0.388 e. The molecule has 0 heterocycles. The van der Waals surface area contributed by atoms with Crippen molar-refractivity contribution in [1.29, 1.82) is 0 Å². The first-order valence-electron chi connectivity index (χ1n) is 6.44. The van der Waals surface area contributed by atoms with Crippen LogP contribution >= 0.6 is 0 Å². The molecule has 2 aromatic carbocycles. The lowest BCUT2D eigenvalue weighted by molar-refractivity contribution is 0.166. The maximum atomic E-state index is 12.8. The average Bonchev–Trinajstić information content (AvgIpc) is 2.45. The van der Waals surface area contributed by atoms with E-state index in [1.807, 2.05) is 18.2 Å². The van der Waals surface area contributed by atoms with Crippen molar-refractivity contribution in [1.82, 2.24) is 5.32 Å². The second-order valence-corrected chi connectivity index (χ2v) is 4.52. The molecule has 2 aromatic rings. The molecule has 0 aliphatic carbocycles. The second-order valence-electron chi connectivity index (χ2n) is 4.52. The molecular weight excluding hydrogens is 241 g/mol. The number of hydrogen-bond donors (Lipinski definition) is 2. The topological polar surface area (TPSA) is 32.3 Å². The van der Waals surface area contributed by atoms with Gasteiger partial charge in [-0.15, -0.1) is 0 Å². The van der Waals surface area contributed by atoms with Gasteiger partial charge in [-0.2, -0.15) is 0 Å². The van der Waals surface area contributed by atoms with Crippen molar-refractivity contribution in [2.75, 3.05) is 6.54 Å². The summed E-state index contributed by atoms with van der Waals surface area (Å²) in [6.45, 7) is 1.50. The van der Waals surface area contributed by atoms with Crippen molar-refractivity contribution in [2.45, 2.75) is 19.1 Å². The first-order valence-corrected chi connectivity index (χ1v) is 6.44. The molecule has 1 atom stereocenters. The van der Waals surface area contributed by atoms with Crippen molar-refractivity contribution >= 4 is 0 Å². The summed E-state index contributed by atoms with van der Waals surface area (Å²) in [4.78, 5) is 0. The van der Waals surface area contributed by atoms with Crippen LogP contribution in [0.1, 0.15) is 23.7 Å². The third-order valence-electron chi connectivity index (χ3n) is 3.02. The summed E-state index contributed by atoms with van der Waals surface area (Å²) in [5, 5.41) is 13.2. The molecule has 2 rings (SSSR count). The molecular formula is C16H18FNO. The lowest BCUT2D eigenvalue weighted by Gasteiger charge is -2.11. The van der Waals surface area contributed by atoms with Crippen LogP contribution in [-0.4, -0.2) is 11.7 Å². The predicted octanol–water partition coefficient (Wildman–Crippen LogP) is 3.04. The van der Waals surface area contributed by atoms with Crippen LogP contribution in [-0.2, 0) is 6.54 Å². The summed E-state index contributed by atoms with van der Waals surface area (Å²) >= 11 is 0. The lowest BCUT2D eigenvalue weighted by atomic mass is 10.1. The molecule has 0 amide bonds. The Bertz CT molecular complexity index is 484. The minimum atomic E-state index is -0.552. The molecule has 3 heteroatoms. The molecule has 0 unspecified atom stereocenters. The summed E-state index contributed by atoms with van der Waals surface area (Å²) < 4.78 is 12.8. The third kappa shape index (κ3) is 4.47. The van der Waals surface area contributed by atoms with Crippen LogP contribution in [0.5, 0.6) is 0 Å². The minimum absolute atomic E-state index is 0.279. The highest BCUT2D eigenvalue weighted by Gasteiger charge is 2.06. The fourth-order valence-corrected chi connectivity index (χ4v) is 1.92. The SMILES string of the molecule is O[C@H](CCNCc1ccccc1)c1ccc(F)cc1. The fourth-order valence-electron chi connectivity index (χ4n) is 1.92. The summed E-state index contributed by atoms with van der Waals surface area (Å²) in [5.74, 6) is -0.279. The van der Waals surface area contributed by atoms with Gasteiger partial charge in [0.15, 0.2) is 0 Å². The lowest BCUT2D eigenvalue weighted by Crippen LogP contribution is -2.17. The van der Waals surface area contributed by atoms with Gasteiger partial charge in [-0.05, 0) is 36.2 Å². The van der Waals surface area contributed by atoms with Gasteiger partial charge in [-0.25, -0.2) is 4.39 Å². The normalized spacial score (nSPS) is 12.3. The van der Waals surface area contributed by atoms with Gasteiger partial charge in [-0.3, -0.25) is 0 Å². The van der Waals surface area contributed by atoms with Crippen LogP contribution < -0.4 is 5.32 Å². The smallest absolute Gasteiger partial charge is 0.123 e. The molecule has 0 fully saturated rings. The molecule has 100 valence electrons. The fraction of sp³-hybridized carbons (Fsp3) is 0.250. The van der Waals surface area contributed by atoms with Crippen molar-refractivity contribution < 1.29 is 9.50 Å². The van der Waals surface area contributed by atoms with Crippen molar-refractivity contribution in [2.24, 2.45) is 0 Å². The van der Waals surface area contributed by atoms with Crippen LogP contribution in [0.25, 0.3) is 0 Å². The maximum Gasteiger partial charge on any atom is 0.123 e. The number of halogens is 1. The molecule has 2 N–H and O–H groups in total. The number of hydrogen-bond acceptors (Lipinski definition) is 2. The Balaban J connectivity index is 1.72. The van der Waals surface area contributed by atoms with E-state index in [9.17, 15) is 9.50 Å². The number of aliphatic hydroxyl groups is 1. The average molecular weight is 259 g/mol. The Morgan fingerprint density at radius 2 is 1.68 bits per heavy atom. The zero-order chi connectivity index (χ0) is 13.5. The molecule has 0 bridgehead atoms. The highest BCUT2D eigenvalue weighted by molar-refractivity contribution is 5.18. The Labute approximate surface area is 112 Å². The summed E-state index contributed by atoms with van der Waals surface area (Å²) in [7, 11) is 0. The van der Waals surface area contributed by atoms with Crippen molar-refractivity contribution in [3.8, 4) is 0 Å². The first-order chi connectivity index (χ1) is 9.25. The summed E-state index contributed by atoms with van der Waals surface area (Å²) in [5.41, 5.74) is 1.97. The van der Waals surface area contributed by atoms with Crippen LogP contribution in [0.15, 0.2) is 54.6 Å². The van der Waals surface area contributed by atoms with E-state index in [0.29, 0.717) is 13.0 Å². The van der Waals surface area contributed by atoms with E-state index < -0.39 is 6.10 Å². The molecule has 0 aromatic heterocycles. The quantitative estimate of drug-likeness (QED) is 0.781. The Morgan fingerprint density at radius 3 is 2.37 bits per heavy atom. The molecule has 0 spiro atoms. The van der Waals surface area contributed by atoms with E-state index in [1.54, 1.807) is 12.1 Å². The van der Waals surface area contributed by atoms with E-state index in [2.05, 4.69) is 17.4 Å². The predicted molar refractivity (Wildman–Crippen MR) is 74.1 cm³/mol. The Kier molecular flexibility index (Phi) is 5.07. The molecule has 0 saturated carbocycles.